The number of para-hydroxylation sites is 1. The number of aliphatic hydroxyl groups excluding tert-OH is 1. The van der Waals surface area contributed by atoms with E-state index in [1.165, 1.54) is 12.7 Å². The Bertz CT molecular complexity index is 981. The molecule has 0 fully saturated rings. The van der Waals surface area contributed by atoms with Crippen molar-refractivity contribution in [1.29, 1.82) is 0 Å². The van der Waals surface area contributed by atoms with Crippen LogP contribution in [0.5, 0.6) is 0 Å². The molecule has 0 saturated heterocycles. The van der Waals surface area contributed by atoms with Gasteiger partial charge in [0.15, 0.2) is 6.04 Å². The van der Waals surface area contributed by atoms with Crippen molar-refractivity contribution in [3.05, 3.63) is 71.9 Å². The number of carbonyl (C=O) groups excluding carboxylic acids is 2. The number of rotatable bonds is 7. The summed E-state index contributed by atoms with van der Waals surface area (Å²) >= 11 is 0. The van der Waals surface area contributed by atoms with E-state index in [2.05, 4.69) is 22.1 Å². The first kappa shape index (κ1) is 20.3. The largest absolute Gasteiger partial charge is 0.467 e. The van der Waals surface area contributed by atoms with Crippen LogP contribution in [0.15, 0.2) is 60.8 Å². The highest BCUT2D eigenvalue weighted by Crippen LogP contribution is 2.24. The van der Waals surface area contributed by atoms with Gasteiger partial charge in [-0.3, -0.25) is 4.79 Å². The van der Waals surface area contributed by atoms with Crippen molar-refractivity contribution in [1.82, 2.24) is 15.1 Å². The summed E-state index contributed by atoms with van der Waals surface area (Å²) in [6.07, 6.45) is 2.52. The van der Waals surface area contributed by atoms with E-state index in [1.54, 1.807) is 10.9 Å². The molecule has 0 bridgehead atoms. The molecule has 1 aromatic heterocycles. The van der Waals surface area contributed by atoms with Crippen molar-refractivity contribution in [3.63, 3.8) is 0 Å². The monoisotopic (exact) mass is 393 g/mol. The summed E-state index contributed by atoms with van der Waals surface area (Å²) in [5.74, 6) is -1.24. The Hall–Kier alpha value is -3.45. The van der Waals surface area contributed by atoms with Crippen LogP contribution in [0, 0.1) is 0 Å². The maximum Gasteiger partial charge on any atom is 0.330 e. The third-order valence-electron chi connectivity index (χ3n) is 4.59. The zero-order valence-corrected chi connectivity index (χ0v) is 16.3. The van der Waals surface area contributed by atoms with E-state index >= 15 is 0 Å². The molecule has 150 valence electrons. The molecule has 1 amide bonds. The predicted molar refractivity (Wildman–Crippen MR) is 109 cm³/mol. The van der Waals surface area contributed by atoms with Gasteiger partial charge in [0.05, 0.1) is 25.0 Å². The SMILES string of the molecule is CCc1ccc(-c2nn(-c3ccccc3)cc2C(=O)N[C@@H](CO)C(=O)OC)cc1. The van der Waals surface area contributed by atoms with Crippen LogP contribution < -0.4 is 5.32 Å². The van der Waals surface area contributed by atoms with Crippen LogP contribution in [0.1, 0.15) is 22.8 Å². The summed E-state index contributed by atoms with van der Waals surface area (Å²) in [6, 6.07) is 16.1. The smallest absolute Gasteiger partial charge is 0.330 e. The van der Waals surface area contributed by atoms with Crippen molar-refractivity contribution in [2.45, 2.75) is 19.4 Å². The molecular weight excluding hydrogens is 370 g/mol. The van der Waals surface area contributed by atoms with Gasteiger partial charge in [-0.2, -0.15) is 5.10 Å². The molecule has 29 heavy (non-hydrogen) atoms. The van der Waals surface area contributed by atoms with Crippen LogP contribution >= 0.6 is 0 Å². The highest BCUT2D eigenvalue weighted by Gasteiger charge is 2.25. The lowest BCUT2D eigenvalue weighted by atomic mass is 10.0. The van der Waals surface area contributed by atoms with E-state index in [0.29, 0.717) is 11.3 Å². The second kappa shape index (κ2) is 9.16. The van der Waals surface area contributed by atoms with Gasteiger partial charge < -0.3 is 15.2 Å². The number of methoxy groups -OCH3 is 1. The minimum atomic E-state index is -1.15. The number of hydrogen-bond donors (Lipinski definition) is 2. The second-order valence-corrected chi connectivity index (χ2v) is 6.45. The van der Waals surface area contributed by atoms with Gasteiger partial charge in [-0.1, -0.05) is 49.4 Å². The van der Waals surface area contributed by atoms with Gasteiger partial charge in [0, 0.05) is 11.8 Å². The van der Waals surface area contributed by atoms with Crippen LogP contribution in [0.25, 0.3) is 16.9 Å². The van der Waals surface area contributed by atoms with Gasteiger partial charge in [-0.25, -0.2) is 9.48 Å². The average molecular weight is 393 g/mol. The fraction of sp³-hybridized carbons (Fsp3) is 0.227. The van der Waals surface area contributed by atoms with E-state index in [4.69, 9.17) is 0 Å². The summed E-state index contributed by atoms with van der Waals surface area (Å²) in [7, 11) is 1.20. The standard InChI is InChI=1S/C22H23N3O4/c1-3-15-9-11-16(12-10-15)20-18(21(27)23-19(14-26)22(28)29-2)13-25(24-20)17-7-5-4-6-8-17/h4-13,19,26H,3,14H2,1-2H3,(H,23,27)/t19-/m0/s1. The zero-order chi connectivity index (χ0) is 20.8. The molecule has 3 aromatic rings. The minimum absolute atomic E-state index is 0.292. The topological polar surface area (TPSA) is 93.5 Å². The molecular formula is C22H23N3O4. The lowest BCUT2D eigenvalue weighted by molar-refractivity contribution is -0.143. The van der Waals surface area contributed by atoms with Gasteiger partial charge in [0.25, 0.3) is 5.91 Å². The van der Waals surface area contributed by atoms with Crippen LogP contribution in [-0.4, -0.2) is 46.5 Å². The number of aryl methyl sites for hydroxylation is 1. The van der Waals surface area contributed by atoms with Crippen LogP contribution in [0.4, 0.5) is 0 Å². The first-order chi connectivity index (χ1) is 14.1. The molecule has 2 N–H and O–H groups in total. The maximum atomic E-state index is 12.9. The van der Waals surface area contributed by atoms with E-state index in [-0.39, 0.29) is 0 Å². The second-order valence-electron chi connectivity index (χ2n) is 6.45. The zero-order valence-electron chi connectivity index (χ0n) is 16.3. The van der Waals surface area contributed by atoms with E-state index in [0.717, 1.165) is 17.7 Å². The van der Waals surface area contributed by atoms with E-state index in [9.17, 15) is 14.7 Å². The van der Waals surface area contributed by atoms with Crippen molar-refractivity contribution in [3.8, 4) is 16.9 Å². The Morgan fingerprint density at radius 3 is 2.41 bits per heavy atom. The number of amides is 1. The van der Waals surface area contributed by atoms with Crippen molar-refractivity contribution >= 4 is 11.9 Å². The fourth-order valence-corrected chi connectivity index (χ4v) is 2.92. The lowest BCUT2D eigenvalue weighted by Gasteiger charge is -2.13. The number of nitrogens with zero attached hydrogens (tertiary/aromatic N) is 2. The van der Waals surface area contributed by atoms with Crippen molar-refractivity contribution in [2.75, 3.05) is 13.7 Å². The number of benzene rings is 2. The molecule has 0 radical (unpaired) electrons. The summed E-state index contributed by atoms with van der Waals surface area (Å²) in [5, 5.41) is 16.5. The quantitative estimate of drug-likeness (QED) is 0.601. The molecule has 7 nitrogen and oxygen atoms in total. The molecule has 0 aliphatic heterocycles. The number of nitrogens with one attached hydrogen (secondary N) is 1. The third-order valence-corrected chi connectivity index (χ3v) is 4.59. The van der Waals surface area contributed by atoms with E-state index in [1.807, 2.05) is 54.6 Å². The Morgan fingerprint density at radius 1 is 1.14 bits per heavy atom. The highest BCUT2D eigenvalue weighted by atomic mass is 16.5. The van der Waals surface area contributed by atoms with Crippen molar-refractivity contribution in [2.24, 2.45) is 0 Å². The molecule has 0 aliphatic carbocycles. The number of ether oxygens (including phenoxy) is 1. The number of aliphatic hydroxyl groups is 1. The van der Waals surface area contributed by atoms with Gasteiger partial charge in [-0.15, -0.1) is 0 Å². The molecule has 0 spiro atoms. The van der Waals surface area contributed by atoms with Gasteiger partial charge in [0.2, 0.25) is 0 Å². The minimum Gasteiger partial charge on any atom is -0.467 e. The Morgan fingerprint density at radius 2 is 1.83 bits per heavy atom. The summed E-state index contributed by atoms with van der Waals surface area (Å²) in [5.41, 5.74) is 3.52. The summed E-state index contributed by atoms with van der Waals surface area (Å²) in [4.78, 5) is 24.7. The van der Waals surface area contributed by atoms with Gasteiger partial charge in [-0.05, 0) is 24.1 Å². The highest BCUT2D eigenvalue weighted by molar-refractivity contribution is 6.01. The Kier molecular flexibility index (Phi) is 6.41. The van der Waals surface area contributed by atoms with Crippen LogP contribution in [-0.2, 0) is 16.0 Å². The molecule has 0 unspecified atom stereocenters. The number of aromatic nitrogens is 2. The number of carbonyl (C=O) groups is 2. The fourth-order valence-electron chi connectivity index (χ4n) is 2.92. The number of esters is 1. The van der Waals surface area contributed by atoms with Gasteiger partial charge >= 0.3 is 5.97 Å². The molecule has 0 saturated carbocycles. The van der Waals surface area contributed by atoms with Crippen molar-refractivity contribution < 1.29 is 19.4 Å². The Balaban J connectivity index is 2.02. The summed E-state index contributed by atoms with van der Waals surface area (Å²) in [6.45, 7) is 1.51. The predicted octanol–water partition coefficient (Wildman–Crippen LogP) is 2.37. The van der Waals surface area contributed by atoms with Crippen LogP contribution in [0.3, 0.4) is 0 Å². The Labute approximate surface area is 168 Å². The lowest BCUT2D eigenvalue weighted by Crippen LogP contribution is -2.44. The molecule has 0 aliphatic rings. The number of hydrogen-bond acceptors (Lipinski definition) is 5. The van der Waals surface area contributed by atoms with E-state index < -0.39 is 24.5 Å². The average Bonchev–Trinajstić information content (AvgIpc) is 3.23. The molecule has 1 heterocycles. The van der Waals surface area contributed by atoms with Crippen LogP contribution in [0.2, 0.25) is 0 Å². The summed E-state index contributed by atoms with van der Waals surface area (Å²) < 4.78 is 6.24. The molecule has 2 aromatic carbocycles. The molecule has 1 atom stereocenters. The normalized spacial score (nSPS) is 11.7. The first-order valence-corrected chi connectivity index (χ1v) is 9.31. The molecule has 3 rings (SSSR count). The maximum absolute atomic E-state index is 12.9. The molecule has 7 heteroatoms. The van der Waals surface area contributed by atoms with Gasteiger partial charge in [0.1, 0.15) is 5.69 Å². The first-order valence-electron chi connectivity index (χ1n) is 9.31. The third kappa shape index (κ3) is 4.52.